The molecule has 2 heterocycles. The summed E-state index contributed by atoms with van der Waals surface area (Å²) in [6.07, 6.45) is 4.80. The van der Waals surface area contributed by atoms with Crippen LogP contribution in [0.25, 0.3) is 0 Å². The summed E-state index contributed by atoms with van der Waals surface area (Å²) >= 11 is 1.62. The maximum atomic E-state index is 10.7. The second kappa shape index (κ2) is 5.43. The molecule has 2 rings (SSSR count). The Hall–Kier alpha value is -0.830. The average Bonchev–Trinajstić information content (AvgIpc) is 2.64. The summed E-state index contributed by atoms with van der Waals surface area (Å²) in [6, 6.07) is 4.02. The van der Waals surface area contributed by atoms with Crippen molar-refractivity contribution in [1.82, 2.24) is 0 Å². The molecule has 2 nitrogen and oxygen atoms in total. The normalized spacial score (nSPS) is 21.7. The zero-order valence-corrected chi connectivity index (χ0v) is 12.4. The molecule has 0 radical (unpaired) electrons. The summed E-state index contributed by atoms with van der Waals surface area (Å²) in [5.74, 6) is 0.813. The number of hydrogen-bond acceptors (Lipinski definition) is 3. The van der Waals surface area contributed by atoms with Gasteiger partial charge in [-0.3, -0.25) is 4.79 Å². The lowest BCUT2D eigenvalue weighted by molar-refractivity contribution is 0.112. The van der Waals surface area contributed by atoms with Gasteiger partial charge in [-0.1, -0.05) is 20.8 Å². The van der Waals surface area contributed by atoms with Gasteiger partial charge in [-0.15, -0.1) is 11.3 Å². The summed E-state index contributed by atoms with van der Waals surface area (Å²) < 4.78 is 0. The molecule has 0 N–H and O–H groups in total. The van der Waals surface area contributed by atoms with Crippen LogP contribution in [0, 0.1) is 11.3 Å². The predicted molar refractivity (Wildman–Crippen MR) is 78.7 cm³/mol. The van der Waals surface area contributed by atoms with Crippen LogP contribution in [0.2, 0.25) is 0 Å². The topological polar surface area (TPSA) is 20.3 Å². The van der Waals surface area contributed by atoms with E-state index in [-0.39, 0.29) is 0 Å². The Kier molecular flexibility index (Phi) is 4.10. The van der Waals surface area contributed by atoms with E-state index in [2.05, 4.69) is 31.7 Å². The number of thiophene rings is 1. The molecule has 3 heteroatoms. The van der Waals surface area contributed by atoms with Crippen molar-refractivity contribution in [2.75, 3.05) is 18.0 Å². The van der Waals surface area contributed by atoms with E-state index in [9.17, 15) is 4.79 Å². The lowest BCUT2D eigenvalue weighted by Crippen LogP contribution is -2.25. The van der Waals surface area contributed by atoms with Crippen LogP contribution in [-0.2, 0) is 0 Å². The minimum atomic E-state index is 0.416. The van der Waals surface area contributed by atoms with Crippen LogP contribution < -0.4 is 4.90 Å². The van der Waals surface area contributed by atoms with Crippen molar-refractivity contribution in [3.8, 4) is 0 Å². The molecule has 1 aromatic heterocycles. The van der Waals surface area contributed by atoms with E-state index in [0.29, 0.717) is 5.41 Å². The van der Waals surface area contributed by atoms with Gasteiger partial charge in [-0.05, 0) is 42.7 Å². The highest BCUT2D eigenvalue weighted by Gasteiger charge is 2.27. The van der Waals surface area contributed by atoms with Crippen LogP contribution in [-0.4, -0.2) is 19.4 Å². The molecule has 1 fully saturated rings. The Morgan fingerprint density at radius 3 is 2.67 bits per heavy atom. The van der Waals surface area contributed by atoms with Crippen molar-refractivity contribution in [1.29, 1.82) is 0 Å². The van der Waals surface area contributed by atoms with Gasteiger partial charge in [0.25, 0.3) is 0 Å². The first-order chi connectivity index (χ1) is 8.50. The van der Waals surface area contributed by atoms with Crippen LogP contribution in [0.5, 0.6) is 0 Å². The number of rotatable bonds is 2. The van der Waals surface area contributed by atoms with Crippen molar-refractivity contribution in [2.45, 2.75) is 40.0 Å². The van der Waals surface area contributed by atoms with Gasteiger partial charge in [-0.2, -0.15) is 0 Å². The molecule has 1 aliphatic rings. The number of hydrogen-bond donors (Lipinski definition) is 0. The minimum absolute atomic E-state index is 0.416. The van der Waals surface area contributed by atoms with Gasteiger partial charge in [0.1, 0.15) is 0 Å². The molecular weight excluding hydrogens is 242 g/mol. The third-order valence-electron chi connectivity index (χ3n) is 3.99. The van der Waals surface area contributed by atoms with Gasteiger partial charge in [0.15, 0.2) is 6.29 Å². The molecule has 1 aromatic rings. The van der Waals surface area contributed by atoms with Crippen molar-refractivity contribution in [3.63, 3.8) is 0 Å². The minimum Gasteiger partial charge on any atom is -0.363 e. The number of anilines is 1. The quantitative estimate of drug-likeness (QED) is 0.746. The molecule has 1 unspecified atom stereocenters. The van der Waals surface area contributed by atoms with Crippen molar-refractivity contribution >= 4 is 22.6 Å². The number of carbonyl (C=O) groups is 1. The highest BCUT2D eigenvalue weighted by Crippen LogP contribution is 2.36. The van der Waals surface area contributed by atoms with E-state index in [0.717, 1.165) is 30.2 Å². The molecule has 1 atom stereocenters. The van der Waals surface area contributed by atoms with Crippen LogP contribution in [0.1, 0.15) is 49.7 Å². The average molecular weight is 265 g/mol. The Bertz CT molecular complexity index is 405. The monoisotopic (exact) mass is 265 g/mol. The Morgan fingerprint density at radius 1 is 1.28 bits per heavy atom. The second-order valence-corrected chi connectivity index (χ2v) is 7.37. The first-order valence-electron chi connectivity index (χ1n) is 6.80. The molecule has 18 heavy (non-hydrogen) atoms. The molecule has 1 aliphatic heterocycles. The molecule has 1 saturated heterocycles. The Labute approximate surface area is 114 Å². The fraction of sp³-hybridized carbons (Fsp3) is 0.667. The highest BCUT2D eigenvalue weighted by molar-refractivity contribution is 7.17. The predicted octanol–water partition coefficient (Wildman–Crippen LogP) is 4.21. The number of carbonyl (C=O) groups excluding carboxylic acids is 1. The van der Waals surface area contributed by atoms with Crippen molar-refractivity contribution in [3.05, 3.63) is 17.0 Å². The third kappa shape index (κ3) is 3.14. The summed E-state index contributed by atoms with van der Waals surface area (Å²) in [5, 5.41) is 1.26. The Balaban J connectivity index is 2.02. The van der Waals surface area contributed by atoms with Gasteiger partial charge in [0.05, 0.1) is 9.88 Å². The van der Waals surface area contributed by atoms with Gasteiger partial charge < -0.3 is 4.90 Å². The number of aldehydes is 1. The fourth-order valence-electron chi connectivity index (χ4n) is 2.76. The SMILES string of the molecule is CC(C)(C)C1CCCN(c2ccc(C=O)s2)CC1. The molecule has 0 aliphatic carbocycles. The highest BCUT2D eigenvalue weighted by atomic mass is 32.1. The Morgan fingerprint density at radius 2 is 2.06 bits per heavy atom. The molecule has 0 saturated carbocycles. The molecular formula is C15H23NOS. The van der Waals surface area contributed by atoms with Crippen LogP contribution in [0.3, 0.4) is 0 Å². The lowest BCUT2D eigenvalue weighted by Gasteiger charge is -2.29. The smallest absolute Gasteiger partial charge is 0.160 e. The molecule has 0 amide bonds. The summed E-state index contributed by atoms with van der Waals surface area (Å²) in [7, 11) is 0. The molecule has 100 valence electrons. The largest absolute Gasteiger partial charge is 0.363 e. The first kappa shape index (κ1) is 13.6. The van der Waals surface area contributed by atoms with E-state index in [1.807, 2.05) is 6.07 Å². The van der Waals surface area contributed by atoms with Crippen LogP contribution in [0.4, 0.5) is 5.00 Å². The zero-order chi connectivity index (χ0) is 13.2. The van der Waals surface area contributed by atoms with E-state index < -0.39 is 0 Å². The van der Waals surface area contributed by atoms with Crippen LogP contribution >= 0.6 is 11.3 Å². The standard InChI is InChI=1S/C15H23NOS/c1-15(2,3)12-5-4-9-16(10-8-12)14-7-6-13(11-17)18-14/h6-7,11-12H,4-5,8-10H2,1-3H3. The fourth-order valence-corrected chi connectivity index (χ4v) is 3.63. The van der Waals surface area contributed by atoms with Gasteiger partial charge in [0.2, 0.25) is 0 Å². The zero-order valence-electron chi connectivity index (χ0n) is 11.6. The van der Waals surface area contributed by atoms with Crippen molar-refractivity contribution in [2.24, 2.45) is 11.3 Å². The lowest BCUT2D eigenvalue weighted by atomic mass is 9.77. The maximum absolute atomic E-state index is 10.7. The maximum Gasteiger partial charge on any atom is 0.160 e. The summed E-state index contributed by atoms with van der Waals surface area (Å²) in [4.78, 5) is 14.0. The van der Waals surface area contributed by atoms with E-state index >= 15 is 0 Å². The van der Waals surface area contributed by atoms with E-state index in [4.69, 9.17) is 0 Å². The van der Waals surface area contributed by atoms with Gasteiger partial charge >= 0.3 is 0 Å². The van der Waals surface area contributed by atoms with Gasteiger partial charge in [-0.25, -0.2) is 0 Å². The number of nitrogens with zero attached hydrogens (tertiary/aromatic N) is 1. The van der Waals surface area contributed by atoms with E-state index in [1.165, 1.54) is 24.3 Å². The van der Waals surface area contributed by atoms with Crippen LogP contribution in [0.15, 0.2) is 12.1 Å². The first-order valence-corrected chi connectivity index (χ1v) is 7.62. The van der Waals surface area contributed by atoms with Gasteiger partial charge in [0, 0.05) is 13.1 Å². The molecule has 0 bridgehead atoms. The second-order valence-electron chi connectivity index (χ2n) is 6.27. The summed E-state index contributed by atoms with van der Waals surface area (Å²) in [6.45, 7) is 9.31. The third-order valence-corrected chi connectivity index (χ3v) is 5.06. The van der Waals surface area contributed by atoms with E-state index in [1.54, 1.807) is 11.3 Å². The summed E-state index contributed by atoms with van der Waals surface area (Å²) in [5.41, 5.74) is 0.416. The van der Waals surface area contributed by atoms with Crippen molar-refractivity contribution < 1.29 is 4.79 Å². The molecule has 0 spiro atoms. The molecule has 0 aromatic carbocycles.